The van der Waals surface area contributed by atoms with Crippen LogP contribution in [0.3, 0.4) is 0 Å². The Kier molecular flexibility index (Phi) is 5.11. The van der Waals surface area contributed by atoms with Crippen LogP contribution in [-0.4, -0.2) is 49.8 Å². The molecule has 0 aromatic heterocycles. The highest BCUT2D eigenvalue weighted by Gasteiger charge is 2.34. The number of carbonyl (C=O) groups is 1. The molecule has 0 saturated carbocycles. The zero-order chi connectivity index (χ0) is 15.4. The van der Waals surface area contributed by atoms with Crippen LogP contribution in [0.25, 0.3) is 0 Å². The normalized spacial score (nSPS) is 29.3. The Labute approximate surface area is 132 Å². The lowest BCUT2D eigenvalue weighted by Crippen LogP contribution is -2.50. The van der Waals surface area contributed by atoms with E-state index in [1.54, 1.807) is 0 Å². The number of carbonyl (C=O) groups excluding carboxylic acids is 1. The maximum atomic E-state index is 12.6. The quantitative estimate of drug-likeness (QED) is 0.861. The summed E-state index contributed by atoms with van der Waals surface area (Å²) in [6, 6.07) is 10.7. The topological polar surface area (TPSA) is 38.8 Å². The van der Waals surface area contributed by atoms with Gasteiger partial charge in [-0.2, -0.15) is 0 Å². The number of ether oxygens (including phenoxy) is 2. The van der Waals surface area contributed by atoms with Gasteiger partial charge in [0.2, 0.25) is 0 Å². The van der Waals surface area contributed by atoms with Gasteiger partial charge in [-0.05, 0) is 23.8 Å². The smallest absolute Gasteiger partial charge is 0.254 e. The highest BCUT2D eigenvalue weighted by atomic mass is 16.6. The Bertz CT molecular complexity index is 484. The Balaban J connectivity index is 1.65. The highest BCUT2D eigenvalue weighted by Crippen LogP contribution is 2.35. The molecule has 4 nitrogen and oxygen atoms in total. The van der Waals surface area contributed by atoms with Crippen molar-refractivity contribution < 1.29 is 14.3 Å². The summed E-state index contributed by atoms with van der Waals surface area (Å²) >= 11 is 0. The van der Waals surface area contributed by atoms with E-state index in [9.17, 15) is 4.79 Å². The number of piperidine rings is 1. The van der Waals surface area contributed by atoms with Crippen molar-refractivity contribution in [2.45, 2.75) is 31.8 Å². The van der Waals surface area contributed by atoms with Crippen molar-refractivity contribution in [2.75, 3.05) is 32.9 Å². The fourth-order valence-corrected chi connectivity index (χ4v) is 3.62. The molecule has 1 aromatic rings. The van der Waals surface area contributed by atoms with Crippen LogP contribution in [0.2, 0.25) is 0 Å². The Morgan fingerprint density at radius 2 is 2.09 bits per heavy atom. The summed E-state index contributed by atoms with van der Waals surface area (Å²) in [5.74, 6) is 1.17. The van der Waals surface area contributed by atoms with Crippen molar-refractivity contribution in [3.8, 4) is 0 Å². The number of rotatable bonds is 3. The molecular weight excluding hydrogens is 278 g/mol. The number of amides is 1. The maximum Gasteiger partial charge on any atom is 0.254 e. The van der Waals surface area contributed by atoms with Crippen molar-refractivity contribution >= 4 is 5.91 Å². The van der Waals surface area contributed by atoms with E-state index in [4.69, 9.17) is 9.47 Å². The summed E-state index contributed by atoms with van der Waals surface area (Å²) < 4.78 is 10.9. The van der Waals surface area contributed by atoms with Crippen LogP contribution in [0.1, 0.15) is 31.2 Å². The molecular formula is C18H25NO3. The lowest BCUT2D eigenvalue weighted by atomic mass is 9.79. The van der Waals surface area contributed by atoms with Gasteiger partial charge in [0, 0.05) is 13.1 Å². The predicted molar refractivity (Wildman–Crippen MR) is 84.7 cm³/mol. The van der Waals surface area contributed by atoms with Crippen LogP contribution in [-0.2, 0) is 14.3 Å². The second-order valence-corrected chi connectivity index (χ2v) is 6.19. The Morgan fingerprint density at radius 3 is 2.77 bits per heavy atom. The third-order valence-electron chi connectivity index (χ3n) is 4.89. The van der Waals surface area contributed by atoms with Crippen molar-refractivity contribution in [3.05, 3.63) is 35.9 Å². The number of hydrogen-bond acceptors (Lipinski definition) is 3. The molecule has 3 atom stereocenters. The van der Waals surface area contributed by atoms with E-state index in [0.717, 1.165) is 25.9 Å². The first-order chi connectivity index (χ1) is 10.8. The molecule has 0 aliphatic carbocycles. The minimum absolute atomic E-state index is 0.102. The van der Waals surface area contributed by atoms with Gasteiger partial charge >= 0.3 is 0 Å². The summed E-state index contributed by atoms with van der Waals surface area (Å²) in [4.78, 5) is 14.6. The van der Waals surface area contributed by atoms with Gasteiger partial charge < -0.3 is 14.4 Å². The van der Waals surface area contributed by atoms with Crippen LogP contribution in [0.15, 0.2) is 30.3 Å². The second kappa shape index (κ2) is 7.25. The van der Waals surface area contributed by atoms with Crippen molar-refractivity contribution in [2.24, 2.45) is 5.92 Å². The van der Waals surface area contributed by atoms with Crippen LogP contribution >= 0.6 is 0 Å². The molecule has 120 valence electrons. The molecule has 4 heteroatoms. The Hall–Kier alpha value is -1.39. The highest BCUT2D eigenvalue weighted by molar-refractivity contribution is 5.81. The van der Waals surface area contributed by atoms with Crippen LogP contribution in [0.5, 0.6) is 0 Å². The third-order valence-corrected chi connectivity index (χ3v) is 4.89. The molecule has 0 N–H and O–H groups in total. The van der Waals surface area contributed by atoms with E-state index in [1.165, 1.54) is 5.56 Å². The molecule has 3 rings (SSSR count). The van der Waals surface area contributed by atoms with Crippen LogP contribution < -0.4 is 0 Å². The average Bonchev–Trinajstić information content (AvgIpc) is 2.62. The zero-order valence-corrected chi connectivity index (χ0v) is 13.2. The summed E-state index contributed by atoms with van der Waals surface area (Å²) in [5, 5.41) is 0. The van der Waals surface area contributed by atoms with Gasteiger partial charge in [0.1, 0.15) is 0 Å². The van der Waals surface area contributed by atoms with E-state index < -0.39 is 6.10 Å². The Morgan fingerprint density at radius 1 is 1.27 bits per heavy atom. The number of hydrogen-bond donors (Lipinski definition) is 0. The standard InChI is InChI=1S/C18H25NO3/c1-2-14-12-19(18(20)17-13-21-10-11-22-17)9-8-16(14)15-6-4-3-5-7-15/h3-7,14,16-17H,2,8-13H2,1H3/t14-,16-,17+/m1/s1. The molecule has 2 fully saturated rings. The molecule has 1 amide bonds. The van der Waals surface area contributed by atoms with Gasteiger partial charge in [0.15, 0.2) is 6.10 Å². The van der Waals surface area contributed by atoms with Gasteiger partial charge in [0.05, 0.1) is 19.8 Å². The largest absolute Gasteiger partial charge is 0.376 e. The van der Waals surface area contributed by atoms with E-state index in [-0.39, 0.29) is 5.91 Å². The fourth-order valence-electron chi connectivity index (χ4n) is 3.62. The SMILES string of the molecule is CC[C@@H]1CN(C(=O)[C@@H]2COCCO2)CC[C@H]1c1ccccc1. The molecule has 2 saturated heterocycles. The molecule has 2 heterocycles. The van der Waals surface area contributed by atoms with E-state index in [1.807, 2.05) is 4.90 Å². The lowest BCUT2D eigenvalue weighted by molar-refractivity contribution is -0.159. The molecule has 22 heavy (non-hydrogen) atoms. The molecule has 2 aliphatic rings. The molecule has 2 aliphatic heterocycles. The fraction of sp³-hybridized carbons (Fsp3) is 0.611. The minimum atomic E-state index is -0.403. The first-order valence-electron chi connectivity index (χ1n) is 8.32. The monoisotopic (exact) mass is 303 g/mol. The van der Waals surface area contributed by atoms with E-state index >= 15 is 0 Å². The van der Waals surface area contributed by atoms with Crippen LogP contribution in [0.4, 0.5) is 0 Å². The van der Waals surface area contributed by atoms with E-state index in [0.29, 0.717) is 31.7 Å². The number of nitrogens with zero attached hydrogens (tertiary/aromatic N) is 1. The summed E-state index contributed by atoms with van der Waals surface area (Å²) in [7, 11) is 0. The maximum absolute atomic E-state index is 12.6. The lowest BCUT2D eigenvalue weighted by Gasteiger charge is -2.40. The van der Waals surface area contributed by atoms with Crippen LogP contribution in [0, 0.1) is 5.92 Å². The minimum Gasteiger partial charge on any atom is -0.376 e. The van der Waals surface area contributed by atoms with Crippen molar-refractivity contribution in [3.63, 3.8) is 0 Å². The van der Waals surface area contributed by atoms with Gasteiger partial charge in [-0.15, -0.1) is 0 Å². The zero-order valence-electron chi connectivity index (χ0n) is 13.2. The summed E-state index contributed by atoms with van der Waals surface area (Å²) in [6.07, 6.45) is 1.72. The molecule has 0 unspecified atom stereocenters. The molecule has 0 spiro atoms. The van der Waals surface area contributed by atoms with Gasteiger partial charge in [0.25, 0.3) is 5.91 Å². The van der Waals surface area contributed by atoms with E-state index in [2.05, 4.69) is 37.3 Å². The second-order valence-electron chi connectivity index (χ2n) is 6.19. The summed E-state index contributed by atoms with van der Waals surface area (Å²) in [6.45, 7) is 5.37. The first kappa shape index (κ1) is 15.5. The number of benzene rings is 1. The molecule has 0 radical (unpaired) electrons. The first-order valence-corrected chi connectivity index (χ1v) is 8.32. The van der Waals surface area contributed by atoms with Gasteiger partial charge in [-0.25, -0.2) is 0 Å². The molecule has 1 aromatic carbocycles. The predicted octanol–water partition coefficient (Wildman–Crippen LogP) is 2.44. The van der Waals surface area contributed by atoms with Crippen molar-refractivity contribution in [1.82, 2.24) is 4.90 Å². The number of likely N-dealkylation sites (tertiary alicyclic amines) is 1. The third kappa shape index (κ3) is 3.33. The van der Waals surface area contributed by atoms with Gasteiger partial charge in [-0.1, -0.05) is 43.7 Å². The van der Waals surface area contributed by atoms with Crippen molar-refractivity contribution in [1.29, 1.82) is 0 Å². The molecule has 0 bridgehead atoms. The van der Waals surface area contributed by atoms with Gasteiger partial charge in [-0.3, -0.25) is 4.79 Å². The average molecular weight is 303 g/mol. The summed E-state index contributed by atoms with van der Waals surface area (Å²) in [5.41, 5.74) is 1.40.